The van der Waals surface area contributed by atoms with E-state index < -0.39 is 0 Å². The van der Waals surface area contributed by atoms with Crippen LogP contribution >= 0.6 is 0 Å². The van der Waals surface area contributed by atoms with Gasteiger partial charge >= 0.3 is 0 Å². The van der Waals surface area contributed by atoms with Gasteiger partial charge in [0.25, 0.3) is 5.91 Å². The summed E-state index contributed by atoms with van der Waals surface area (Å²) in [5.74, 6) is 0.807. The molecule has 0 atom stereocenters. The third kappa shape index (κ3) is 6.09. The van der Waals surface area contributed by atoms with E-state index in [2.05, 4.69) is 26.0 Å². The minimum Gasteiger partial charge on any atom is -0.494 e. The molecule has 1 aliphatic carbocycles. The first-order valence-corrected chi connectivity index (χ1v) is 11.2. The van der Waals surface area contributed by atoms with Crippen molar-refractivity contribution in [2.24, 2.45) is 0 Å². The Balaban J connectivity index is 1.37. The molecule has 2 aromatic heterocycles. The summed E-state index contributed by atoms with van der Waals surface area (Å²) in [5.41, 5.74) is 1.68. The van der Waals surface area contributed by atoms with E-state index in [-0.39, 0.29) is 24.4 Å². The highest BCUT2D eigenvalue weighted by molar-refractivity contribution is 6.07. The van der Waals surface area contributed by atoms with E-state index in [0.29, 0.717) is 23.7 Å². The summed E-state index contributed by atoms with van der Waals surface area (Å²) in [6, 6.07) is 11.1. The van der Waals surface area contributed by atoms with Gasteiger partial charge in [-0.1, -0.05) is 12.8 Å². The largest absolute Gasteiger partial charge is 0.494 e. The summed E-state index contributed by atoms with van der Waals surface area (Å²) < 4.78 is 6.97. The Morgan fingerprint density at radius 1 is 1.12 bits per heavy atom. The van der Waals surface area contributed by atoms with Gasteiger partial charge in [-0.05, 0) is 56.2 Å². The van der Waals surface area contributed by atoms with Crippen LogP contribution in [-0.2, 0) is 11.3 Å². The van der Waals surface area contributed by atoms with Crippen LogP contribution in [0.2, 0.25) is 0 Å². The van der Waals surface area contributed by atoms with E-state index in [9.17, 15) is 9.59 Å². The molecule has 0 aliphatic heterocycles. The van der Waals surface area contributed by atoms with Crippen LogP contribution in [0.3, 0.4) is 0 Å². The Morgan fingerprint density at radius 2 is 1.91 bits per heavy atom. The first-order valence-electron chi connectivity index (χ1n) is 11.2. The zero-order valence-electron chi connectivity index (χ0n) is 18.6. The van der Waals surface area contributed by atoms with E-state index in [4.69, 9.17) is 4.74 Å². The van der Waals surface area contributed by atoms with Crippen LogP contribution in [0.4, 0.5) is 17.2 Å². The molecule has 0 spiro atoms. The minimum absolute atomic E-state index is 0.0722. The molecule has 3 N–H and O–H groups in total. The maximum atomic E-state index is 12.9. The van der Waals surface area contributed by atoms with Gasteiger partial charge in [-0.15, -0.1) is 0 Å². The van der Waals surface area contributed by atoms with Crippen LogP contribution in [-0.4, -0.2) is 39.2 Å². The third-order valence-corrected chi connectivity index (χ3v) is 5.40. The Labute approximate surface area is 192 Å². The summed E-state index contributed by atoms with van der Waals surface area (Å²) in [6.45, 7) is 2.64. The Morgan fingerprint density at radius 3 is 2.67 bits per heavy atom. The van der Waals surface area contributed by atoms with Gasteiger partial charge in [0, 0.05) is 24.1 Å². The molecule has 0 bridgehead atoms. The summed E-state index contributed by atoms with van der Waals surface area (Å²) in [7, 11) is 0. The number of benzene rings is 1. The number of hydrogen-bond donors (Lipinski definition) is 3. The number of nitrogens with one attached hydrogen (secondary N) is 3. The highest BCUT2D eigenvalue weighted by Crippen LogP contribution is 2.22. The number of ether oxygens (including phenoxy) is 1. The van der Waals surface area contributed by atoms with Crippen LogP contribution in [0, 0.1) is 0 Å². The zero-order valence-corrected chi connectivity index (χ0v) is 18.6. The van der Waals surface area contributed by atoms with Crippen LogP contribution in [0.25, 0.3) is 0 Å². The second-order valence-electron chi connectivity index (χ2n) is 7.91. The Bertz CT molecular complexity index is 1090. The molecule has 1 aliphatic rings. The molecule has 1 saturated carbocycles. The topological polar surface area (TPSA) is 110 Å². The third-order valence-electron chi connectivity index (χ3n) is 5.40. The lowest BCUT2D eigenvalue weighted by Crippen LogP contribution is -2.35. The van der Waals surface area contributed by atoms with Crippen LogP contribution in [0.15, 0.2) is 55.0 Å². The van der Waals surface area contributed by atoms with Gasteiger partial charge in [0.15, 0.2) is 0 Å². The molecule has 9 heteroatoms. The van der Waals surface area contributed by atoms with Crippen LogP contribution in [0.1, 0.15) is 43.0 Å². The standard InChI is InChI=1S/C24H28N6O3/c1-2-33-20-11-9-18(10-12-20)28-23-21(8-5-13-25-23)24(32)29-19-14-26-30(15-19)16-22(31)27-17-6-3-4-7-17/h5,8-15,17H,2-4,6-7,16H2,1H3,(H,25,28)(H,27,31)(H,29,32). The first kappa shape index (κ1) is 22.3. The van der Waals surface area contributed by atoms with E-state index in [0.717, 1.165) is 37.1 Å². The molecule has 3 aromatic rings. The molecule has 1 fully saturated rings. The lowest BCUT2D eigenvalue weighted by Gasteiger charge is -2.12. The zero-order chi connectivity index (χ0) is 23.0. The normalized spacial score (nSPS) is 13.5. The lowest BCUT2D eigenvalue weighted by atomic mass is 10.2. The number of aromatic nitrogens is 3. The summed E-state index contributed by atoms with van der Waals surface area (Å²) in [6.07, 6.45) is 9.17. The second kappa shape index (κ2) is 10.6. The van der Waals surface area contributed by atoms with Gasteiger partial charge in [-0.2, -0.15) is 5.10 Å². The predicted molar refractivity (Wildman–Crippen MR) is 126 cm³/mol. The number of pyridine rings is 1. The van der Waals surface area contributed by atoms with Crippen molar-refractivity contribution in [1.29, 1.82) is 0 Å². The average molecular weight is 449 g/mol. The summed E-state index contributed by atoms with van der Waals surface area (Å²) >= 11 is 0. The summed E-state index contributed by atoms with van der Waals surface area (Å²) in [4.78, 5) is 29.4. The highest BCUT2D eigenvalue weighted by atomic mass is 16.5. The number of amides is 2. The molecule has 0 unspecified atom stereocenters. The van der Waals surface area contributed by atoms with Crippen molar-refractivity contribution in [3.8, 4) is 5.75 Å². The van der Waals surface area contributed by atoms with E-state index in [1.165, 1.54) is 10.9 Å². The quantitative estimate of drug-likeness (QED) is 0.460. The number of anilines is 3. The fraction of sp³-hybridized carbons (Fsp3) is 0.333. The Kier molecular flexibility index (Phi) is 7.19. The SMILES string of the molecule is CCOc1ccc(Nc2ncccc2C(=O)Nc2cnn(CC(=O)NC3CCCC3)c2)cc1. The van der Waals surface area contributed by atoms with Gasteiger partial charge in [-0.25, -0.2) is 4.98 Å². The van der Waals surface area contributed by atoms with Gasteiger partial charge < -0.3 is 20.7 Å². The van der Waals surface area contributed by atoms with Crippen molar-refractivity contribution in [3.05, 3.63) is 60.6 Å². The molecule has 2 heterocycles. The van der Waals surface area contributed by atoms with Crippen molar-refractivity contribution < 1.29 is 14.3 Å². The maximum absolute atomic E-state index is 12.9. The van der Waals surface area contributed by atoms with Gasteiger partial charge in [0.2, 0.25) is 5.91 Å². The van der Waals surface area contributed by atoms with Crippen molar-refractivity contribution >= 4 is 29.0 Å². The van der Waals surface area contributed by atoms with Crippen LogP contribution in [0.5, 0.6) is 5.75 Å². The molecular formula is C24H28N6O3. The monoisotopic (exact) mass is 448 g/mol. The maximum Gasteiger partial charge on any atom is 0.259 e. The van der Waals surface area contributed by atoms with Crippen LogP contribution < -0.4 is 20.7 Å². The van der Waals surface area contributed by atoms with E-state index in [1.807, 2.05) is 31.2 Å². The molecule has 1 aromatic carbocycles. The lowest BCUT2D eigenvalue weighted by molar-refractivity contribution is -0.122. The summed E-state index contributed by atoms with van der Waals surface area (Å²) in [5, 5.41) is 13.2. The Hall–Kier alpha value is -3.88. The molecule has 9 nitrogen and oxygen atoms in total. The molecular weight excluding hydrogens is 420 g/mol. The number of nitrogens with zero attached hydrogens (tertiary/aromatic N) is 3. The molecule has 0 radical (unpaired) electrons. The molecule has 2 amide bonds. The average Bonchev–Trinajstić information content (AvgIpc) is 3.48. The van der Waals surface area contributed by atoms with Crippen molar-refractivity contribution in [3.63, 3.8) is 0 Å². The van der Waals surface area contributed by atoms with Crippen molar-refractivity contribution in [1.82, 2.24) is 20.1 Å². The van der Waals surface area contributed by atoms with Crippen molar-refractivity contribution in [2.45, 2.75) is 45.2 Å². The second-order valence-corrected chi connectivity index (χ2v) is 7.91. The van der Waals surface area contributed by atoms with E-state index in [1.54, 1.807) is 24.5 Å². The predicted octanol–water partition coefficient (Wildman–Crippen LogP) is 3.73. The van der Waals surface area contributed by atoms with Crippen molar-refractivity contribution in [2.75, 3.05) is 17.2 Å². The first-order chi connectivity index (χ1) is 16.1. The van der Waals surface area contributed by atoms with Gasteiger partial charge in [0.1, 0.15) is 18.1 Å². The number of hydrogen-bond acceptors (Lipinski definition) is 6. The fourth-order valence-electron chi connectivity index (χ4n) is 3.83. The number of carbonyl (C=O) groups is 2. The van der Waals surface area contributed by atoms with Gasteiger partial charge in [0.05, 0.1) is 24.1 Å². The fourth-order valence-corrected chi connectivity index (χ4v) is 3.83. The van der Waals surface area contributed by atoms with E-state index >= 15 is 0 Å². The molecule has 172 valence electrons. The smallest absolute Gasteiger partial charge is 0.259 e. The van der Waals surface area contributed by atoms with Gasteiger partial charge in [-0.3, -0.25) is 14.3 Å². The molecule has 0 saturated heterocycles. The number of rotatable bonds is 9. The molecule has 4 rings (SSSR count). The number of carbonyl (C=O) groups excluding carboxylic acids is 2. The minimum atomic E-state index is -0.327. The molecule has 33 heavy (non-hydrogen) atoms. The highest BCUT2D eigenvalue weighted by Gasteiger charge is 2.18.